The topological polar surface area (TPSA) is 92.3 Å². The Labute approximate surface area is 185 Å². The molecule has 0 bridgehead atoms. The number of nitrogens with one attached hydrogen (secondary N) is 2. The molecule has 0 fully saturated rings. The number of rotatable bonds is 9. The summed E-state index contributed by atoms with van der Waals surface area (Å²) in [4.78, 5) is 25.0. The summed E-state index contributed by atoms with van der Waals surface area (Å²) in [6.45, 7) is 8.30. The average Bonchev–Trinajstić information content (AvgIpc) is 2.68. The van der Waals surface area contributed by atoms with Crippen molar-refractivity contribution in [2.24, 2.45) is 0 Å². The summed E-state index contributed by atoms with van der Waals surface area (Å²) in [5.41, 5.74) is 2.37. The van der Waals surface area contributed by atoms with Gasteiger partial charge in [-0.15, -0.1) is 0 Å². The highest BCUT2D eigenvalue weighted by molar-refractivity contribution is 7.92. The first kappa shape index (κ1) is 24.6. The molecule has 0 atom stereocenters. The quantitative estimate of drug-likeness (QED) is 0.545. The number of sulfone groups is 1. The summed E-state index contributed by atoms with van der Waals surface area (Å²) in [7, 11) is -3.47. The molecular formula is C24H32N2O4S. The molecule has 2 aromatic rings. The lowest BCUT2D eigenvalue weighted by atomic mass is 9.87. The zero-order valence-corrected chi connectivity index (χ0v) is 19.5. The molecule has 7 heteroatoms. The molecule has 0 unspecified atom stereocenters. The summed E-state index contributed by atoms with van der Waals surface area (Å²) in [5.74, 6) is -1.51. The minimum atomic E-state index is -3.47. The number of carbonyl (C=O) groups excluding carboxylic acids is 2. The molecule has 6 nitrogen and oxygen atoms in total. The highest BCUT2D eigenvalue weighted by Crippen LogP contribution is 2.24. The molecule has 2 amide bonds. The van der Waals surface area contributed by atoms with E-state index in [0.29, 0.717) is 23.4 Å². The molecule has 0 spiro atoms. The van der Waals surface area contributed by atoms with Crippen LogP contribution in [0, 0.1) is 0 Å². The van der Waals surface area contributed by atoms with E-state index in [9.17, 15) is 18.0 Å². The van der Waals surface area contributed by atoms with Crippen molar-refractivity contribution in [3.63, 3.8) is 0 Å². The largest absolute Gasteiger partial charge is 0.323 e. The maximum atomic E-state index is 12.7. The van der Waals surface area contributed by atoms with Crippen LogP contribution >= 0.6 is 0 Å². The van der Waals surface area contributed by atoms with Crippen LogP contribution in [0.15, 0.2) is 48.5 Å². The van der Waals surface area contributed by atoms with E-state index in [1.54, 1.807) is 36.4 Å². The smallest absolute Gasteiger partial charge is 0.255 e. The standard InChI is InChI=1S/C24H32N2O4S/c1-5-6-9-16-31(29,30)17-22(27)25-20-10-7-8-11-21(20)26-23(28)18-12-14-19(15-13-18)24(2,3)4/h7-8,10-15H,5-6,9,16-17H2,1-4H3,(H,25,27)(H,26,28). The van der Waals surface area contributed by atoms with Gasteiger partial charge in [0.1, 0.15) is 5.75 Å². The van der Waals surface area contributed by atoms with Gasteiger partial charge < -0.3 is 10.6 Å². The van der Waals surface area contributed by atoms with Crippen molar-refractivity contribution >= 4 is 33.0 Å². The number of hydrogen-bond acceptors (Lipinski definition) is 4. The van der Waals surface area contributed by atoms with Crippen LogP contribution in [0.3, 0.4) is 0 Å². The summed E-state index contributed by atoms with van der Waals surface area (Å²) in [6, 6.07) is 14.1. The minimum absolute atomic E-state index is 0.00277. The lowest BCUT2D eigenvalue weighted by Gasteiger charge is -2.19. The Bertz CT molecular complexity index is 1010. The predicted molar refractivity (Wildman–Crippen MR) is 126 cm³/mol. The molecule has 168 valence electrons. The van der Waals surface area contributed by atoms with Crippen molar-refractivity contribution in [1.29, 1.82) is 0 Å². The fraction of sp³-hybridized carbons (Fsp3) is 0.417. The normalized spacial score (nSPS) is 11.7. The fourth-order valence-electron chi connectivity index (χ4n) is 3.05. The minimum Gasteiger partial charge on any atom is -0.323 e. The molecular weight excluding hydrogens is 412 g/mol. The molecule has 2 rings (SSSR count). The Balaban J connectivity index is 2.06. The molecule has 0 heterocycles. The van der Waals surface area contributed by atoms with Crippen LogP contribution in [0.4, 0.5) is 11.4 Å². The van der Waals surface area contributed by atoms with E-state index < -0.39 is 21.5 Å². The summed E-state index contributed by atoms with van der Waals surface area (Å²) < 4.78 is 24.2. The number of unbranched alkanes of at least 4 members (excludes halogenated alkanes) is 2. The molecule has 0 aliphatic rings. The Hall–Kier alpha value is -2.67. The number of carbonyl (C=O) groups is 2. The third-order valence-electron chi connectivity index (χ3n) is 4.87. The van der Waals surface area contributed by atoms with E-state index in [2.05, 4.69) is 31.4 Å². The maximum Gasteiger partial charge on any atom is 0.255 e. The first-order chi connectivity index (χ1) is 14.5. The van der Waals surface area contributed by atoms with Crippen LogP contribution in [0.2, 0.25) is 0 Å². The van der Waals surface area contributed by atoms with Crippen LogP contribution in [0.1, 0.15) is 62.9 Å². The van der Waals surface area contributed by atoms with Gasteiger partial charge in [0.15, 0.2) is 9.84 Å². The van der Waals surface area contributed by atoms with Crippen LogP contribution < -0.4 is 10.6 Å². The third-order valence-corrected chi connectivity index (χ3v) is 6.49. The molecule has 0 aliphatic carbocycles. The molecule has 0 saturated heterocycles. The number of hydrogen-bond donors (Lipinski definition) is 2. The van der Waals surface area contributed by atoms with Crippen LogP contribution in [0.5, 0.6) is 0 Å². The highest BCUT2D eigenvalue weighted by Gasteiger charge is 2.18. The second kappa shape index (κ2) is 10.6. The zero-order valence-electron chi connectivity index (χ0n) is 18.7. The second-order valence-corrected chi connectivity index (χ2v) is 10.9. The van der Waals surface area contributed by atoms with Crippen molar-refractivity contribution in [3.8, 4) is 0 Å². The Morgan fingerprint density at radius 1 is 0.871 bits per heavy atom. The van der Waals surface area contributed by atoms with E-state index in [1.807, 2.05) is 19.1 Å². The maximum absolute atomic E-state index is 12.7. The van der Waals surface area contributed by atoms with Gasteiger partial charge in [0.25, 0.3) is 5.91 Å². The van der Waals surface area contributed by atoms with Crippen molar-refractivity contribution in [1.82, 2.24) is 0 Å². The van der Waals surface area contributed by atoms with Crippen LogP contribution in [-0.2, 0) is 20.0 Å². The third kappa shape index (κ3) is 7.83. The molecule has 0 aromatic heterocycles. The van der Waals surface area contributed by atoms with Crippen LogP contribution in [0.25, 0.3) is 0 Å². The molecule has 2 aromatic carbocycles. The molecule has 0 saturated carbocycles. The Kier molecular flexibility index (Phi) is 8.39. The van der Waals surface area contributed by atoms with Gasteiger partial charge in [-0.3, -0.25) is 9.59 Å². The average molecular weight is 445 g/mol. The van der Waals surface area contributed by atoms with Gasteiger partial charge in [-0.2, -0.15) is 0 Å². The van der Waals surface area contributed by atoms with Gasteiger partial charge in [-0.25, -0.2) is 8.42 Å². The van der Waals surface area contributed by atoms with Crippen molar-refractivity contribution in [2.75, 3.05) is 22.1 Å². The monoisotopic (exact) mass is 444 g/mol. The second-order valence-electron chi connectivity index (χ2n) is 8.67. The van der Waals surface area contributed by atoms with E-state index in [0.717, 1.165) is 18.4 Å². The highest BCUT2D eigenvalue weighted by atomic mass is 32.2. The molecule has 31 heavy (non-hydrogen) atoms. The first-order valence-corrected chi connectivity index (χ1v) is 12.3. The van der Waals surface area contributed by atoms with Gasteiger partial charge in [0.05, 0.1) is 17.1 Å². The van der Waals surface area contributed by atoms with Crippen LogP contribution in [-0.4, -0.2) is 31.7 Å². The van der Waals surface area contributed by atoms with Crippen molar-refractivity contribution in [3.05, 3.63) is 59.7 Å². The Morgan fingerprint density at radius 2 is 1.45 bits per heavy atom. The fourth-order valence-corrected chi connectivity index (χ4v) is 4.31. The summed E-state index contributed by atoms with van der Waals surface area (Å²) in [6.07, 6.45) is 2.27. The predicted octanol–water partition coefficient (Wildman–Crippen LogP) is 4.78. The number of para-hydroxylation sites is 2. The lowest BCUT2D eigenvalue weighted by molar-refractivity contribution is -0.113. The Morgan fingerprint density at radius 3 is 2.00 bits per heavy atom. The molecule has 2 N–H and O–H groups in total. The van der Waals surface area contributed by atoms with Gasteiger partial charge in [0.2, 0.25) is 5.91 Å². The van der Waals surface area contributed by atoms with Gasteiger partial charge in [-0.1, -0.05) is 64.8 Å². The summed E-state index contributed by atoms with van der Waals surface area (Å²) in [5, 5.41) is 5.40. The zero-order chi connectivity index (χ0) is 23.1. The number of amides is 2. The summed E-state index contributed by atoms with van der Waals surface area (Å²) >= 11 is 0. The number of anilines is 2. The van der Waals surface area contributed by atoms with Crippen molar-refractivity contribution in [2.45, 2.75) is 52.4 Å². The van der Waals surface area contributed by atoms with Gasteiger partial charge in [0, 0.05) is 5.56 Å². The number of benzene rings is 2. The van der Waals surface area contributed by atoms with Crippen molar-refractivity contribution < 1.29 is 18.0 Å². The van der Waals surface area contributed by atoms with Gasteiger partial charge in [-0.05, 0) is 41.7 Å². The molecule has 0 radical (unpaired) electrons. The van der Waals surface area contributed by atoms with E-state index >= 15 is 0 Å². The van der Waals surface area contributed by atoms with E-state index in [4.69, 9.17) is 0 Å². The van der Waals surface area contributed by atoms with E-state index in [1.165, 1.54) is 0 Å². The lowest BCUT2D eigenvalue weighted by Crippen LogP contribution is -2.25. The SMILES string of the molecule is CCCCCS(=O)(=O)CC(=O)Nc1ccccc1NC(=O)c1ccc(C(C)(C)C)cc1. The first-order valence-electron chi connectivity index (χ1n) is 10.5. The molecule has 0 aliphatic heterocycles. The van der Waals surface area contributed by atoms with E-state index in [-0.39, 0.29) is 17.1 Å². The van der Waals surface area contributed by atoms with Gasteiger partial charge >= 0.3 is 0 Å².